The maximum absolute atomic E-state index is 12.6. The molecule has 2 atom stereocenters. The second-order valence-corrected chi connectivity index (χ2v) is 7.30. The minimum atomic E-state index is -3.55. The van der Waals surface area contributed by atoms with E-state index >= 15 is 0 Å². The van der Waals surface area contributed by atoms with Gasteiger partial charge in [0, 0.05) is 19.3 Å². The van der Waals surface area contributed by atoms with Gasteiger partial charge in [0.2, 0.25) is 10.0 Å². The van der Waals surface area contributed by atoms with Gasteiger partial charge in [0.05, 0.1) is 0 Å². The van der Waals surface area contributed by atoms with Gasteiger partial charge in [0.25, 0.3) is 0 Å². The van der Waals surface area contributed by atoms with E-state index in [0.717, 1.165) is 19.3 Å². The van der Waals surface area contributed by atoms with Crippen LogP contribution in [-0.4, -0.2) is 30.8 Å². The molecule has 0 aromatic carbocycles. The monoisotopic (exact) mass is 283 g/mol. The number of hydrogen-bond acceptors (Lipinski definition) is 4. The maximum Gasteiger partial charge on any atom is 0.246 e. The predicted octanol–water partition coefficient (Wildman–Crippen LogP) is 1.86. The molecule has 0 bridgehead atoms. The Kier molecular flexibility index (Phi) is 4.10. The van der Waals surface area contributed by atoms with Gasteiger partial charge in [-0.3, -0.25) is 0 Å². The number of pyridine rings is 1. The first kappa shape index (κ1) is 14.3. The summed E-state index contributed by atoms with van der Waals surface area (Å²) in [6.07, 6.45) is 5.58. The molecular weight excluding hydrogens is 262 g/mol. The second kappa shape index (κ2) is 5.46. The molecule has 1 aliphatic carbocycles. The topological polar surface area (TPSA) is 76.3 Å². The van der Waals surface area contributed by atoms with E-state index in [1.807, 2.05) is 0 Å². The fourth-order valence-corrected chi connectivity index (χ4v) is 4.17. The average Bonchev–Trinajstić information content (AvgIpc) is 2.38. The summed E-state index contributed by atoms with van der Waals surface area (Å²) in [6.45, 7) is 2.17. The number of hydrogen-bond donors (Lipinski definition) is 1. The molecule has 106 valence electrons. The van der Waals surface area contributed by atoms with Crippen LogP contribution in [0.15, 0.2) is 23.2 Å². The van der Waals surface area contributed by atoms with Crippen molar-refractivity contribution in [3.8, 4) is 0 Å². The summed E-state index contributed by atoms with van der Waals surface area (Å²) in [5.41, 5.74) is 5.68. The summed E-state index contributed by atoms with van der Waals surface area (Å²) >= 11 is 0. The molecule has 1 aromatic heterocycles. The third-order valence-corrected chi connectivity index (χ3v) is 5.84. The Labute approximate surface area is 114 Å². The van der Waals surface area contributed by atoms with Crippen LogP contribution in [-0.2, 0) is 10.0 Å². The number of anilines is 1. The summed E-state index contributed by atoms with van der Waals surface area (Å²) in [7, 11) is -1.90. The largest absolute Gasteiger partial charge is 0.383 e. The number of rotatable bonds is 3. The quantitative estimate of drug-likeness (QED) is 0.918. The van der Waals surface area contributed by atoms with Gasteiger partial charge in [-0.1, -0.05) is 19.8 Å². The molecule has 1 heterocycles. The highest BCUT2D eigenvalue weighted by Crippen LogP contribution is 2.30. The van der Waals surface area contributed by atoms with Crippen molar-refractivity contribution in [3.63, 3.8) is 0 Å². The van der Waals surface area contributed by atoms with Crippen molar-refractivity contribution >= 4 is 15.8 Å². The van der Waals surface area contributed by atoms with Crippen LogP contribution < -0.4 is 5.73 Å². The van der Waals surface area contributed by atoms with Crippen molar-refractivity contribution in [1.29, 1.82) is 0 Å². The zero-order chi connectivity index (χ0) is 14.0. The summed E-state index contributed by atoms with van der Waals surface area (Å²) in [5.74, 6) is 0.640. The van der Waals surface area contributed by atoms with Crippen LogP contribution >= 0.6 is 0 Å². The van der Waals surface area contributed by atoms with Crippen LogP contribution in [0, 0.1) is 5.92 Å². The first-order chi connectivity index (χ1) is 8.93. The molecule has 2 N–H and O–H groups in total. The lowest BCUT2D eigenvalue weighted by Gasteiger charge is -2.33. The minimum Gasteiger partial charge on any atom is -0.383 e. The summed E-state index contributed by atoms with van der Waals surface area (Å²) in [5, 5.41) is 0. The average molecular weight is 283 g/mol. The van der Waals surface area contributed by atoms with E-state index < -0.39 is 10.0 Å². The van der Waals surface area contributed by atoms with Crippen LogP contribution in [0.25, 0.3) is 0 Å². The van der Waals surface area contributed by atoms with Gasteiger partial charge in [-0.15, -0.1) is 0 Å². The van der Waals surface area contributed by atoms with Gasteiger partial charge < -0.3 is 5.73 Å². The first-order valence-corrected chi connectivity index (χ1v) is 8.05. The Morgan fingerprint density at radius 1 is 1.42 bits per heavy atom. The molecule has 0 saturated heterocycles. The second-order valence-electron chi connectivity index (χ2n) is 5.33. The Morgan fingerprint density at radius 3 is 2.79 bits per heavy atom. The molecule has 0 radical (unpaired) electrons. The van der Waals surface area contributed by atoms with Crippen molar-refractivity contribution < 1.29 is 8.42 Å². The minimum absolute atomic E-state index is 0.0633. The number of aromatic nitrogens is 1. The maximum atomic E-state index is 12.6. The van der Waals surface area contributed by atoms with Crippen LogP contribution in [0.5, 0.6) is 0 Å². The fraction of sp³-hybridized carbons (Fsp3) is 0.615. The third-order valence-electron chi connectivity index (χ3n) is 3.88. The lowest BCUT2D eigenvalue weighted by atomic mass is 9.87. The molecule has 2 rings (SSSR count). The summed E-state index contributed by atoms with van der Waals surface area (Å²) in [6, 6.07) is 3.18. The smallest absolute Gasteiger partial charge is 0.246 e. The van der Waals surface area contributed by atoms with Gasteiger partial charge in [-0.05, 0) is 30.9 Å². The van der Waals surface area contributed by atoms with E-state index in [0.29, 0.717) is 5.92 Å². The number of nitrogen functional groups attached to an aromatic ring is 1. The Morgan fingerprint density at radius 2 is 2.16 bits per heavy atom. The Bertz CT molecular complexity index is 545. The van der Waals surface area contributed by atoms with E-state index in [1.54, 1.807) is 13.1 Å². The highest BCUT2D eigenvalue weighted by Gasteiger charge is 2.32. The molecule has 0 amide bonds. The van der Waals surface area contributed by atoms with Crippen LogP contribution in [0.4, 0.5) is 5.82 Å². The van der Waals surface area contributed by atoms with Gasteiger partial charge in [0.1, 0.15) is 10.7 Å². The predicted molar refractivity (Wildman–Crippen MR) is 75.0 cm³/mol. The van der Waals surface area contributed by atoms with Crippen molar-refractivity contribution in [1.82, 2.24) is 9.29 Å². The van der Waals surface area contributed by atoms with E-state index in [9.17, 15) is 8.42 Å². The molecular formula is C13H21N3O2S. The highest BCUT2D eigenvalue weighted by molar-refractivity contribution is 7.89. The lowest BCUT2D eigenvalue weighted by Crippen LogP contribution is -2.40. The molecule has 19 heavy (non-hydrogen) atoms. The van der Waals surface area contributed by atoms with Crippen molar-refractivity contribution in [2.24, 2.45) is 5.92 Å². The van der Waals surface area contributed by atoms with Crippen molar-refractivity contribution in [2.75, 3.05) is 12.8 Å². The molecule has 0 spiro atoms. The molecule has 1 saturated carbocycles. The molecule has 6 heteroatoms. The van der Waals surface area contributed by atoms with E-state index in [4.69, 9.17) is 5.73 Å². The molecule has 1 aromatic rings. The van der Waals surface area contributed by atoms with E-state index in [-0.39, 0.29) is 16.8 Å². The molecule has 1 fully saturated rings. The first-order valence-electron chi connectivity index (χ1n) is 6.61. The zero-order valence-electron chi connectivity index (χ0n) is 11.4. The molecule has 1 aliphatic rings. The van der Waals surface area contributed by atoms with Gasteiger partial charge in [0.15, 0.2) is 0 Å². The highest BCUT2D eigenvalue weighted by atomic mass is 32.2. The molecule has 0 aliphatic heterocycles. The number of nitrogens with zero attached hydrogens (tertiary/aromatic N) is 2. The SMILES string of the molecule is CC1CCCC(N(C)S(=O)(=O)c2cccnc2N)C1. The van der Waals surface area contributed by atoms with E-state index in [1.165, 1.54) is 23.0 Å². The Hall–Kier alpha value is -1.14. The Balaban J connectivity index is 2.27. The third kappa shape index (κ3) is 2.90. The van der Waals surface area contributed by atoms with Crippen LogP contribution in [0.2, 0.25) is 0 Å². The zero-order valence-corrected chi connectivity index (χ0v) is 12.2. The molecule has 5 nitrogen and oxygen atoms in total. The van der Waals surface area contributed by atoms with Crippen molar-refractivity contribution in [2.45, 2.75) is 43.5 Å². The fourth-order valence-electron chi connectivity index (χ4n) is 2.70. The standard InChI is InChI=1S/C13H21N3O2S/c1-10-5-3-6-11(9-10)16(2)19(17,18)12-7-4-8-15-13(12)14/h4,7-8,10-11H,3,5-6,9H2,1-2H3,(H2,14,15). The van der Waals surface area contributed by atoms with Crippen LogP contribution in [0.3, 0.4) is 0 Å². The number of sulfonamides is 1. The normalized spacial score (nSPS) is 24.6. The van der Waals surface area contributed by atoms with Gasteiger partial charge >= 0.3 is 0 Å². The summed E-state index contributed by atoms with van der Waals surface area (Å²) < 4.78 is 26.6. The van der Waals surface area contributed by atoms with Gasteiger partial charge in [-0.25, -0.2) is 13.4 Å². The molecule has 2 unspecified atom stereocenters. The lowest BCUT2D eigenvalue weighted by molar-refractivity contribution is 0.239. The van der Waals surface area contributed by atoms with Gasteiger partial charge in [-0.2, -0.15) is 4.31 Å². The van der Waals surface area contributed by atoms with E-state index in [2.05, 4.69) is 11.9 Å². The summed E-state index contributed by atoms with van der Waals surface area (Å²) in [4.78, 5) is 3.97. The van der Waals surface area contributed by atoms with Crippen LogP contribution in [0.1, 0.15) is 32.6 Å². The number of nitrogens with two attached hydrogens (primary N) is 1. The van der Waals surface area contributed by atoms with Crippen molar-refractivity contribution in [3.05, 3.63) is 18.3 Å².